The number of carbonyl (C=O) groups excluding carboxylic acids is 1. The van der Waals surface area contributed by atoms with Crippen molar-refractivity contribution in [2.45, 2.75) is 13.3 Å². The van der Waals surface area contributed by atoms with Gasteiger partial charge in [-0.3, -0.25) is 4.79 Å². The summed E-state index contributed by atoms with van der Waals surface area (Å²) in [4.78, 5) is 13.7. The van der Waals surface area contributed by atoms with Crippen LogP contribution in [0.1, 0.15) is 21.7 Å². The van der Waals surface area contributed by atoms with E-state index in [1.165, 1.54) is 16.9 Å². The number of nitrogens with one attached hydrogen (secondary N) is 1. The zero-order valence-electron chi connectivity index (χ0n) is 13.5. The standard InChI is InChI=1S/C18H16ClFN4O/c1-12-17(23-24(22-12)16-4-2-3-14(19)11-16)18(25)21-10-9-13-5-7-15(20)8-6-13/h2-8,11H,9-10H2,1H3,(H,21,25). The van der Waals surface area contributed by atoms with Crippen LogP contribution in [0.25, 0.3) is 5.69 Å². The van der Waals surface area contributed by atoms with Crippen LogP contribution in [-0.2, 0) is 6.42 Å². The third-order valence-electron chi connectivity index (χ3n) is 3.65. The first-order valence-electron chi connectivity index (χ1n) is 7.75. The number of hydrogen-bond donors (Lipinski definition) is 1. The molecule has 128 valence electrons. The van der Waals surface area contributed by atoms with Crippen molar-refractivity contribution in [2.75, 3.05) is 6.54 Å². The van der Waals surface area contributed by atoms with Crippen LogP contribution in [0.15, 0.2) is 48.5 Å². The Morgan fingerprint density at radius 1 is 1.20 bits per heavy atom. The molecule has 1 N–H and O–H groups in total. The fourth-order valence-corrected chi connectivity index (χ4v) is 2.54. The molecule has 25 heavy (non-hydrogen) atoms. The number of aromatic nitrogens is 3. The molecule has 5 nitrogen and oxygen atoms in total. The Balaban J connectivity index is 1.65. The number of halogens is 2. The molecule has 0 aliphatic carbocycles. The van der Waals surface area contributed by atoms with E-state index in [-0.39, 0.29) is 17.4 Å². The summed E-state index contributed by atoms with van der Waals surface area (Å²) in [5.74, 6) is -0.575. The van der Waals surface area contributed by atoms with Crippen molar-refractivity contribution in [3.63, 3.8) is 0 Å². The van der Waals surface area contributed by atoms with E-state index in [1.54, 1.807) is 37.3 Å². The lowest BCUT2D eigenvalue weighted by Crippen LogP contribution is -2.26. The van der Waals surface area contributed by atoms with Crippen LogP contribution in [0, 0.1) is 12.7 Å². The fourth-order valence-electron chi connectivity index (χ4n) is 2.36. The van der Waals surface area contributed by atoms with Gasteiger partial charge in [0.25, 0.3) is 5.91 Å². The molecule has 0 fully saturated rings. The highest BCUT2D eigenvalue weighted by Crippen LogP contribution is 2.14. The first kappa shape index (κ1) is 17.1. The summed E-state index contributed by atoms with van der Waals surface area (Å²) in [6, 6.07) is 13.3. The summed E-state index contributed by atoms with van der Waals surface area (Å²) < 4.78 is 12.9. The second-order valence-corrected chi connectivity index (χ2v) is 5.97. The second kappa shape index (κ2) is 7.44. The van der Waals surface area contributed by atoms with Crippen LogP contribution in [0.5, 0.6) is 0 Å². The first-order chi connectivity index (χ1) is 12.0. The average Bonchev–Trinajstić information content (AvgIpc) is 2.98. The third-order valence-corrected chi connectivity index (χ3v) is 3.88. The molecule has 1 amide bonds. The van der Waals surface area contributed by atoms with Gasteiger partial charge in [-0.05, 0) is 49.2 Å². The zero-order chi connectivity index (χ0) is 17.8. The van der Waals surface area contributed by atoms with Crippen molar-refractivity contribution < 1.29 is 9.18 Å². The van der Waals surface area contributed by atoms with Gasteiger partial charge in [-0.2, -0.15) is 9.90 Å². The number of aryl methyl sites for hydroxylation is 1. The van der Waals surface area contributed by atoms with E-state index in [0.29, 0.717) is 29.4 Å². The summed E-state index contributed by atoms with van der Waals surface area (Å²) >= 11 is 5.97. The third kappa shape index (κ3) is 4.22. The summed E-state index contributed by atoms with van der Waals surface area (Å²) in [7, 11) is 0. The molecule has 0 saturated carbocycles. The maximum absolute atomic E-state index is 12.9. The Morgan fingerprint density at radius 3 is 2.68 bits per heavy atom. The molecule has 0 radical (unpaired) electrons. The monoisotopic (exact) mass is 358 g/mol. The van der Waals surface area contributed by atoms with Crippen LogP contribution in [0.2, 0.25) is 5.02 Å². The average molecular weight is 359 g/mol. The van der Waals surface area contributed by atoms with E-state index in [2.05, 4.69) is 15.5 Å². The van der Waals surface area contributed by atoms with Gasteiger partial charge in [-0.1, -0.05) is 29.8 Å². The van der Waals surface area contributed by atoms with E-state index in [9.17, 15) is 9.18 Å². The lowest BCUT2D eigenvalue weighted by molar-refractivity contribution is 0.0948. The molecular formula is C18H16ClFN4O. The largest absolute Gasteiger partial charge is 0.350 e. The van der Waals surface area contributed by atoms with Crippen LogP contribution >= 0.6 is 11.6 Å². The van der Waals surface area contributed by atoms with Gasteiger partial charge in [-0.25, -0.2) is 4.39 Å². The molecule has 7 heteroatoms. The van der Waals surface area contributed by atoms with Gasteiger partial charge >= 0.3 is 0 Å². The van der Waals surface area contributed by atoms with Gasteiger partial charge < -0.3 is 5.32 Å². The highest BCUT2D eigenvalue weighted by molar-refractivity contribution is 6.30. The van der Waals surface area contributed by atoms with Crippen molar-refractivity contribution >= 4 is 17.5 Å². The smallest absolute Gasteiger partial charge is 0.273 e. The minimum atomic E-state index is -0.298. The second-order valence-electron chi connectivity index (χ2n) is 5.54. The Hall–Kier alpha value is -2.73. The molecule has 1 aromatic heterocycles. The number of amides is 1. The minimum absolute atomic E-state index is 0.263. The molecule has 0 bridgehead atoms. The predicted molar refractivity (Wildman–Crippen MR) is 93.5 cm³/mol. The molecule has 0 aliphatic heterocycles. The number of benzene rings is 2. The highest BCUT2D eigenvalue weighted by atomic mass is 35.5. The minimum Gasteiger partial charge on any atom is -0.350 e. The molecule has 0 aliphatic rings. The van der Waals surface area contributed by atoms with Gasteiger partial charge in [0.2, 0.25) is 0 Å². The van der Waals surface area contributed by atoms with E-state index in [0.717, 1.165) is 5.56 Å². The topological polar surface area (TPSA) is 59.8 Å². The molecular weight excluding hydrogens is 343 g/mol. The highest BCUT2D eigenvalue weighted by Gasteiger charge is 2.16. The van der Waals surface area contributed by atoms with Crippen molar-refractivity contribution in [2.24, 2.45) is 0 Å². The van der Waals surface area contributed by atoms with Gasteiger partial charge in [0.15, 0.2) is 5.69 Å². The SMILES string of the molecule is Cc1nn(-c2cccc(Cl)c2)nc1C(=O)NCCc1ccc(F)cc1. The van der Waals surface area contributed by atoms with Crippen LogP contribution in [-0.4, -0.2) is 27.4 Å². The molecule has 0 spiro atoms. The molecule has 2 aromatic carbocycles. The first-order valence-corrected chi connectivity index (χ1v) is 8.13. The van der Waals surface area contributed by atoms with Crippen molar-refractivity contribution in [3.05, 3.63) is 76.3 Å². The number of carbonyl (C=O) groups is 1. The summed E-state index contributed by atoms with van der Waals surface area (Å²) in [6.07, 6.45) is 0.605. The van der Waals surface area contributed by atoms with Crippen molar-refractivity contribution in [3.8, 4) is 5.69 Å². The Labute approximate surface area is 149 Å². The van der Waals surface area contributed by atoms with Gasteiger partial charge in [0, 0.05) is 11.6 Å². The Morgan fingerprint density at radius 2 is 1.96 bits per heavy atom. The molecule has 0 atom stereocenters. The lowest BCUT2D eigenvalue weighted by atomic mass is 10.1. The maximum Gasteiger partial charge on any atom is 0.273 e. The molecule has 3 rings (SSSR count). The van der Waals surface area contributed by atoms with Gasteiger partial charge in [0.1, 0.15) is 5.82 Å². The molecule has 0 saturated heterocycles. The normalized spacial score (nSPS) is 10.7. The fraction of sp³-hybridized carbons (Fsp3) is 0.167. The van der Waals surface area contributed by atoms with Crippen molar-refractivity contribution in [1.82, 2.24) is 20.3 Å². The van der Waals surface area contributed by atoms with E-state index < -0.39 is 0 Å². The molecule has 3 aromatic rings. The number of nitrogens with zero attached hydrogens (tertiary/aromatic N) is 3. The summed E-state index contributed by atoms with van der Waals surface area (Å²) in [6.45, 7) is 2.15. The van der Waals surface area contributed by atoms with Gasteiger partial charge in [0.05, 0.1) is 11.4 Å². The van der Waals surface area contributed by atoms with Crippen LogP contribution in [0.4, 0.5) is 4.39 Å². The van der Waals surface area contributed by atoms with Gasteiger partial charge in [-0.15, -0.1) is 5.10 Å². The Bertz CT molecular complexity index is 892. The van der Waals surface area contributed by atoms with E-state index in [1.807, 2.05) is 6.07 Å². The maximum atomic E-state index is 12.9. The van der Waals surface area contributed by atoms with E-state index in [4.69, 9.17) is 11.6 Å². The number of hydrogen-bond acceptors (Lipinski definition) is 3. The molecule has 0 unspecified atom stereocenters. The van der Waals surface area contributed by atoms with Crippen molar-refractivity contribution in [1.29, 1.82) is 0 Å². The number of rotatable bonds is 5. The van der Waals surface area contributed by atoms with Crippen LogP contribution < -0.4 is 5.32 Å². The van der Waals surface area contributed by atoms with E-state index >= 15 is 0 Å². The quantitative estimate of drug-likeness (QED) is 0.761. The Kier molecular flexibility index (Phi) is 5.09. The summed E-state index contributed by atoms with van der Waals surface area (Å²) in [5.41, 5.74) is 2.42. The zero-order valence-corrected chi connectivity index (χ0v) is 14.3. The van der Waals surface area contributed by atoms with Crippen LogP contribution in [0.3, 0.4) is 0 Å². The predicted octanol–water partition coefficient (Wildman–Crippen LogP) is 3.34. The molecule has 1 heterocycles. The lowest BCUT2D eigenvalue weighted by Gasteiger charge is -2.04. The summed E-state index contributed by atoms with van der Waals surface area (Å²) in [5, 5.41) is 11.9.